The van der Waals surface area contributed by atoms with Crippen molar-refractivity contribution in [2.45, 2.75) is 19.9 Å². The number of esters is 1. The van der Waals surface area contributed by atoms with Crippen LogP contribution in [0.2, 0.25) is 0 Å². The molecule has 2 rings (SSSR count). The van der Waals surface area contributed by atoms with Crippen molar-refractivity contribution in [1.29, 1.82) is 0 Å². The van der Waals surface area contributed by atoms with E-state index in [4.69, 9.17) is 10.5 Å². The highest BCUT2D eigenvalue weighted by Crippen LogP contribution is 2.17. The number of benzene rings is 1. The van der Waals surface area contributed by atoms with Crippen LogP contribution in [-0.4, -0.2) is 31.1 Å². The van der Waals surface area contributed by atoms with Gasteiger partial charge in [0.1, 0.15) is 0 Å². The van der Waals surface area contributed by atoms with E-state index in [0.717, 1.165) is 19.5 Å². The number of nitrogens with zero attached hydrogens (tertiary/aromatic N) is 1. The Morgan fingerprint density at radius 3 is 2.68 bits per heavy atom. The van der Waals surface area contributed by atoms with Gasteiger partial charge in [0.2, 0.25) is 0 Å². The monoisotopic (exact) mass is 260 g/mol. The van der Waals surface area contributed by atoms with Crippen LogP contribution in [0, 0.1) is 6.92 Å². The molecule has 0 aromatic heterocycles. The fourth-order valence-electron chi connectivity index (χ4n) is 2.24. The summed E-state index contributed by atoms with van der Waals surface area (Å²) in [5, 5.41) is 0. The summed E-state index contributed by atoms with van der Waals surface area (Å²) in [6.07, 6.45) is 0.719. The van der Waals surface area contributed by atoms with Crippen molar-refractivity contribution in [2.24, 2.45) is 5.73 Å². The molecule has 1 heterocycles. The maximum absolute atomic E-state index is 11.6. The fourth-order valence-corrected chi connectivity index (χ4v) is 2.24. The lowest BCUT2D eigenvalue weighted by Crippen LogP contribution is -2.35. The number of carbonyl (C=O) groups is 1. The zero-order chi connectivity index (χ0) is 13.8. The van der Waals surface area contributed by atoms with E-state index in [0.29, 0.717) is 17.8 Å². The van der Waals surface area contributed by atoms with Crippen molar-refractivity contribution in [1.82, 2.24) is 4.90 Å². The maximum atomic E-state index is 11.6. The van der Waals surface area contributed by atoms with Crippen molar-refractivity contribution < 1.29 is 9.53 Å². The molecule has 4 nitrogen and oxygen atoms in total. The molecule has 102 valence electrons. The van der Waals surface area contributed by atoms with Gasteiger partial charge < -0.3 is 10.5 Å². The molecule has 0 bridgehead atoms. The molecule has 2 N–H and O–H groups in total. The van der Waals surface area contributed by atoms with Gasteiger partial charge >= 0.3 is 5.97 Å². The Balaban J connectivity index is 2.04. The number of nitrogens with two attached hydrogens (primary N) is 1. The Hall–Kier alpha value is -1.81. The molecule has 1 aliphatic rings. The van der Waals surface area contributed by atoms with Crippen LogP contribution in [0.3, 0.4) is 0 Å². The van der Waals surface area contributed by atoms with Gasteiger partial charge in [0.15, 0.2) is 0 Å². The minimum absolute atomic E-state index is 0.314. The molecule has 0 fully saturated rings. The molecule has 0 atom stereocenters. The molecular formula is C15H20N2O2. The lowest BCUT2D eigenvalue weighted by molar-refractivity contribution is -0.136. The first-order valence-corrected chi connectivity index (χ1v) is 6.44. The summed E-state index contributed by atoms with van der Waals surface area (Å²) < 4.78 is 4.77. The van der Waals surface area contributed by atoms with E-state index in [-0.39, 0.29) is 5.97 Å². The molecule has 0 saturated heterocycles. The highest BCUT2D eigenvalue weighted by molar-refractivity contribution is 5.89. The van der Waals surface area contributed by atoms with Crippen LogP contribution in [-0.2, 0) is 16.1 Å². The Labute approximate surface area is 113 Å². The molecule has 0 amide bonds. The first-order chi connectivity index (χ1) is 9.10. The van der Waals surface area contributed by atoms with Crippen LogP contribution in [0.1, 0.15) is 17.5 Å². The highest BCUT2D eigenvalue weighted by atomic mass is 16.5. The van der Waals surface area contributed by atoms with Gasteiger partial charge in [0.05, 0.1) is 12.7 Å². The van der Waals surface area contributed by atoms with Crippen molar-refractivity contribution in [3.05, 3.63) is 46.7 Å². The molecule has 1 aromatic carbocycles. The predicted octanol–water partition coefficient (Wildman–Crippen LogP) is 1.59. The van der Waals surface area contributed by atoms with Gasteiger partial charge in [-0.25, -0.2) is 4.79 Å². The highest BCUT2D eigenvalue weighted by Gasteiger charge is 2.22. The smallest absolute Gasteiger partial charge is 0.336 e. The van der Waals surface area contributed by atoms with Gasteiger partial charge in [0.25, 0.3) is 0 Å². The quantitative estimate of drug-likeness (QED) is 0.838. The number of rotatable bonds is 3. The number of aryl methyl sites for hydroxylation is 1. The zero-order valence-corrected chi connectivity index (χ0v) is 11.5. The summed E-state index contributed by atoms with van der Waals surface area (Å²) in [6, 6.07) is 8.44. The molecule has 19 heavy (non-hydrogen) atoms. The van der Waals surface area contributed by atoms with E-state index in [1.54, 1.807) is 0 Å². The number of carbonyl (C=O) groups excluding carboxylic acids is 1. The first kappa shape index (κ1) is 13.6. The summed E-state index contributed by atoms with van der Waals surface area (Å²) >= 11 is 0. The van der Waals surface area contributed by atoms with Crippen LogP contribution in [0.5, 0.6) is 0 Å². The van der Waals surface area contributed by atoms with Gasteiger partial charge in [-0.1, -0.05) is 29.8 Å². The first-order valence-electron chi connectivity index (χ1n) is 6.44. The molecule has 0 spiro atoms. The van der Waals surface area contributed by atoms with E-state index in [9.17, 15) is 4.79 Å². The Morgan fingerprint density at radius 2 is 2.05 bits per heavy atom. The van der Waals surface area contributed by atoms with Crippen LogP contribution >= 0.6 is 0 Å². The van der Waals surface area contributed by atoms with Gasteiger partial charge in [-0.05, 0) is 12.5 Å². The summed E-state index contributed by atoms with van der Waals surface area (Å²) in [5.74, 6) is -0.314. The Kier molecular flexibility index (Phi) is 4.22. The second-order valence-corrected chi connectivity index (χ2v) is 4.94. The SMILES string of the molecule is COC(=O)C1=C(N)CCN(Cc2ccc(C)cc2)C1. The maximum Gasteiger partial charge on any atom is 0.336 e. The summed E-state index contributed by atoms with van der Waals surface area (Å²) in [5.41, 5.74) is 9.64. The molecule has 0 radical (unpaired) electrons. The van der Waals surface area contributed by atoms with Gasteiger partial charge in [-0.15, -0.1) is 0 Å². The second-order valence-electron chi connectivity index (χ2n) is 4.94. The molecule has 0 aliphatic carbocycles. The van der Waals surface area contributed by atoms with E-state index in [2.05, 4.69) is 36.1 Å². The second kappa shape index (κ2) is 5.89. The minimum Gasteiger partial charge on any atom is -0.466 e. The average Bonchev–Trinajstić information content (AvgIpc) is 2.42. The average molecular weight is 260 g/mol. The molecule has 0 unspecified atom stereocenters. The standard InChI is InChI=1S/C15H20N2O2/c1-11-3-5-12(6-4-11)9-17-8-7-14(16)13(10-17)15(18)19-2/h3-6H,7-10,16H2,1-2H3. The lowest BCUT2D eigenvalue weighted by atomic mass is 10.1. The van der Waals surface area contributed by atoms with Crippen molar-refractivity contribution in [2.75, 3.05) is 20.2 Å². The third-order valence-electron chi connectivity index (χ3n) is 3.43. The van der Waals surface area contributed by atoms with Gasteiger partial charge in [-0.2, -0.15) is 0 Å². The normalized spacial score (nSPS) is 16.5. The number of ether oxygens (including phenoxy) is 1. The predicted molar refractivity (Wildman–Crippen MR) is 74.3 cm³/mol. The van der Waals surface area contributed by atoms with Crippen molar-refractivity contribution in [3.63, 3.8) is 0 Å². The van der Waals surface area contributed by atoms with Crippen LogP contribution in [0.4, 0.5) is 0 Å². The number of hydrogen-bond donors (Lipinski definition) is 1. The number of hydrogen-bond acceptors (Lipinski definition) is 4. The van der Waals surface area contributed by atoms with E-state index in [1.807, 2.05) is 0 Å². The van der Waals surface area contributed by atoms with E-state index < -0.39 is 0 Å². The molecule has 4 heteroatoms. The van der Waals surface area contributed by atoms with Gasteiger partial charge in [0, 0.05) is 31.8 Å². The minimum atomic E-state index is -0.314. The fraction of sp³-hybridized carbons (Fsp3) is 0.400. The summed E-state index contributed by atoms with van der Waals surface area (Å²) in [7, 11) is 1.39. The van der Waals surface area contributed by atoms with Crippen LogP contribution in [0.25, 0.3) is 0 Å². The topological polar surface area (TPSA) is 55.6 Å². The zero-order valence-electron chi connectivity index (χ0n) is 11.5. The van der Waals surface area contributed by atoms with Crippen LogP contribution < -0.4 is 5.73 Å². The summed E-state index contributed by atoms with van der Waals surface area (Å²) in [6.45, 7) is 4.34. The summed E-state index contributed by atoms with van der Waals surface area (Å²) in [4.78, 5) is 13.8. The van der Waals surface area contributed by atoms with Crippen molar-refractivity contribution >= 4 is 5.97 Å². The molecular weight excluding hydrogens is 240 g/mol. The lowest BCUT2D eigenvalue weighted by Gasteiger charge is -2.28. The molecule has 1 aliphatic heterocycles. The Morgan fingerprint density at radius 1 is 1.37 bits per heavy atom. The Bertz CT molecular complexity index is 491. The number of methoxy groups -OCH3 is 1. The third kappa shape index (κ3) is 3.35. The van der Waals surface area contributed by atoms with E-state index >= 15 is 0 Å². The molecule has 0 saturated carbocycles. The molecule has 1 aromatic rings. The van der Waals surface area contributed by atoms with Gasteiger partial charge in [-0.3, -0.25) is 4.90 Å². The largest absolute Gasteiger partial charge is 0.466 e. The van der Waals surface area contributed by atoms with E-state index in [1.165, 1.54) is 18.2 Å². The van der Waals surface area contributed by atoms with Crippen molar-refractivity contribution in [3.8, 4) is 0 Å². The third-order valence-corrected chi connectivity index (χ3v) is 3.43. The van der Waals surface area contributed by atoms with Crippen LogP contribution in [0.15, 0.2) is 35.5 Å².